The molecule has 2 aromatic heterocycles. The summed E-state index contributed by atoms with van der Waals surface area (Å²) in [6.45, 7) is 1.41. The normalized spacial score (nSPS) is 16.0. The first-order valence-corrected chi connectivity index (χ1v) is 10.4. The van der Waals surface area contributed by atoms with E-state index in [1.807, 2.05) is 29.2 Å². The number of carbonyl (C=O) groups is 1. The Morgan fingerprint density at radius 3 is 2.75 bits per heavy atom. The number of piperidine rings is 1. The van der Waals surface area contributed by atoms with Crippen LogP contribution in [0.5, 0.6) is 11.6 Å². The Balaban J connectivity index is 1.34. The Hall–Kier alpha value is -4.25. The summed E-state index contributed by atoms with van der Waals surface area (Å²) in [5.41, 5.74) is 2.08. The number of H-pyrrole nitrogens is 1. The zero-order chi connectivity index (χ0) is 21.9. The van der Waals surface area contributed by atoms with Crippen LogP contribution >= 0.6 is 0 Å². The number of ether oxygens (including phenoxy) is 1. The van der Waals surface area contributed by atoms with Crippen LogP contribution in [0, 0.1) is 17.2 Å². The first-order valence-electron chi connectivity index (χ1n) is 10.4. The summed E-state index contributed by atoms with van der Waals surface area (Å²) >= 11 is 0. The summed E-state index contributed by atoms with van der Waals surface area (Å²) in [6.07, 6.45) is 5.01. The molecule has 158 valence electrons. The molecule has 0 bridgehead atoms. The van der Waals surface area contributed by atoms with E-state index >= 15 is 0 Å². The zero-order valence-corrected chi connectivity index (χ0v) is 17.2. The van der Waals surface area contributed by atoms with Gasteiger partial charge < -0.3 is 14.6 Å². The van der Waals surface area contributed by atoms with Gasteiger partial charge >= 0.3 is 0 Å². The van der Waals surface area contributed by atoms with Crippen LogP contribution in [0.25, 0.3) is 11.0 Å². The Labute approximate surface area is 184 Å². The summed E-state index contributed by atoms with van der Waals surface area (Å²) < 4.78 is 5.99. The topological polar surface area (TPSA) is 108 Å². The molecular weight excluding hydrogens is 404 g/mol. The number of hydrogen-bond donors (Lipinski definition) is 1. The van der Waals surface area contributed by atoms with Crippen LogP contribution in [-0.2, 0) is 0 Å². The largest absolute Gasteiger partial charge is 0.436 e. The van der Waals surface area contributed by atoms with Gasteiger partial charge in [-0.15, -0.1) is 0 Å². The molecule has 8 nitrogen and oxygen atoms in total. The molecule has 0 spiro atoms. The van der Waals surface area contributed by atoms with Crippen LogP contribution in [-0.4, -0.2) is 38.8 Å². The predicted octanol–water partition coefficient (Wildman–Crippen LogP) is 4.12. The van der Waals surface area contributed by atoms with E-state index in [4.69, 9.17) is 4.74 Å². The molecule has 1 fully saturated rings. The second-order valence-electron chi connectivity index (χ2n) is 7.66. The molecule has 4 aromatic rings. The summed E-state index contributed by atoms with van der Waals surface area (Å²) in [5.74, 6) is 1.62. The highest BCUT2D eigenvalue weighted by molar-refractivity contribution is 6.08. The molecule has 0 radical (unpaired) electrons. The van der Waals surface area contributed by atoms with Crippen molar-refractivity contribution in [1.29, 1.82) is 5.26 Å². The molecule has 1 N–H and O–H groups in total. The third kappa shape index (κ3) is 3.88. The van der Waals surface area contributed by atoms with Gasteiger partial charge in [0.05, 0.1) is 23.0 Å². The monoisotopic (exact) mass is 424 g/mol. The van der Waals surface area contributed by atoms with Crippen molar-refractivity contribution in [2.75, 3.05) is 18.0 Å². The van der Waals surface area contributed by atoms with Crippen molar-refractivity contribution in [2.45, 2.75) is 12.8 Å². The number of ketones is 1. The van der Waals surface area contributed by atoms with Crippen LogP contribution in [0.3, 0.4) is 0 Å². The van der Waals surface area contributed by atoms with Crippen LogP contribution in [0.1, 0.15) is 29.0 Å². The summed E-state index contributed by atoms with van der Waals surface area (Å²) in [4.78, 5) is 31.1. The van der Waals surface area contributed by atoms with Gasteiger partial charge in [-0.2, -0.15) is 5.26 Å². The van der Waals surface area contributed by atoms with E-state index in [0.717, 1.165) is 30.4 Å². The molecule has 1 aliphatic rings. The van der Waals surface area contributed by atoms with Crippen LogP contribution < -0.4 is 9.64 Å². The van der Waals surface area contributed by atoms with Crippen molar-refractivity contribution in [3.63, 3.8) is 0 Å². The quantitative estimate of drug-likeness (QED) is 0.480. The second-order valence-corrected chi connectivity index (χ2v) is 7.66. The molecule has 0 saturated carbocycles. The van der Waals surface area contributed by atoms with Gasteiger partial charge in [0.1, 0.15) is 5.75 Å². The first-order chi connectivity index (χ1) is 15.7. The van der Waals surface area contributed by atoms with Crippen molar-refractivity contribution in [3.05, 3.63) is 72.3 Å². The van der Waals surface area contributed by atoms with Crippen molar-refractivity contribution in [3.8, 4) is 17.7 Å². The van der Waals surface area contributed by atoms with E-state index in [0.29, 0.717) is 35.4 Å². The molecule has 0 unspecified atom stereocenters. The maximum absolute atomic E-state index is 12.8. The molecule has 5 rings (SSSR count). The molecule has 1 atom stereocenters. The van der Waals surface area contributed by atoms with Gasteiger partial charge in [0.25, 0.3) is 5.88 Å². The zero-order valence-electron chi connectivity index (χ0n) is 17.2. The molecule has 0 aliphatic carbocycles. The lowest BCUT2D eigenvalue weighted by Crippen LogP contribution is -2.35. The predicted molar refractivity (Wildman–Crippen MR) is 119 cm³/mol. The second kappa shape index (κ2) is 8.47. The van der Waals surface area contributed by atoms with E-state index < -0.39 is 0 Å². The fourth-order valence-corrected chi connectivity index (χ4v) is 3.86. The molecule has 3 heterocycles. The third-order valence-corrected chi connectivity index (χ3v) is 5.49. The molecule has 2 aromatic carbocycles. The number of aromatic amines is 1. The van der Waals surface area contributed by atoms with Gasteiger partial charge in [-0.3, -0.25) is 4.79 Å². The molecule has 32 heavy (non-hydrogen) atoms. The van der Waals surface area contributed by atoms with E-state index in [1.54, 1.807) is 36.7 Å². The highest BCUT2D eigenvalue weighted by Gasteiger charge is 2.24. The minimum Gasteiger partial charge on any atom is -0.436 e. The maximum atomic E-state index is 12.8. The third-order valence-electron chi connectivity index (χ3n) is 5.49. The van der Waals surface area contributed by atoms with E-state index in [9.17, 15) is 10.1 Å². The lowest BCUT2D eigenvalue weighted by Gasteiger charge is -2.30. The van der Waals surface area contributed by atoms with Crippen LogP contribution in [0.2, 0.25) is 0 Å². The van der Waals surface area contributed by atoms with Crippen LogP contribution in [0.15, 0.2) is 60.9 Å². The van der Waals surface area contributed by atoms with Gasteiger partial charge in [-0.05, 0) is 49.2 Å². The van der Waals surface area contributed by atoms with Gasteiger partial charge in [0.15, 0.2) is 11.6 Å². The highest BCUT2D eigenvalue weighted by Crippen LogP contribution is 2.31. The smallest absolute Gasteiger partial charge is 0.263 e. The van der Waals surface area contributed by atoms with Crippen molar-refractivity contribution >= 4 is 22.6 Å². The summed E-state index contributed by atoms with van der Waals surface area (Å²) in [7, 11) is 0. The number of anilines is 1. The number of nitriles is 1. The van der Waals surface area contributed by atoms with Gasteiger partial charge in [0.2, 0.25) is 5.78 Å². The first kappa shape index (κ1) is 19.7. The SMILES string of the molecule is N#C[C@H]1CCCN(c2nccnc2Oc2ccc(C(=O)c3nc4ccccc4[nH]3)cc2)C1. The molecular formula is C24H20N6O2. The minimum absolute atomic E-state index is 0.0258. The Bertz CT molecular complexity index is 1280. The molecule has 8 heteroatoms. The number of nitrogens with one attached hydrogen (secondary N) is 1. The number of para-hydroxylation sites is 2. The van der Waals surface area contributed by atoms with E-state index in [2.05, 4.69) is 26.0 Å². The Kier molecular flexibility index (Phi) is 5.22. The Morgan fingerprint density at radius 1 is 1.12 bits per heavy atom. The van der Waals surface area contributed by atoms with Crippen molar-refractivity contribution in [2.24, 2.45) is 5.92 Å². The van der Waals surface area contributed by atoms with E-state index in [-0.39, 0.29) is 11.7 Å². The van der Waals surface area contributed by atoms with Crippen LogP contribution in [0.4, 0.5) is 5.82 Å². The number of fused-ring (bicyclic) bond motifs is 1. The standard InChI is InChI=1S/C24H20N6O2/c25-14-16-4-3-13-30(15-16)23-24(27-12-11-26-23)32-18-9-7-17(8-10-18)21(31)22-28-19-5-1-2-6-20(19)29-22/h1-2,5-12,16H,3-4,13,15H2,(H,28,29)/t16-/m1/s1. The average molecular weight is 424 g/mol. The number of carbonyl (C=O) groups excluding carboxylic acids is 1. The molecule has 0 amide bonds. The number of rotatable bonds is 5. The number of nitrogens with zero attached hydrogens (tertiary/aromatic N) is 5. The lowest BCUT2D eigenvalue weighted by atomic mass is 10.00. The van der Waals surface area contributed by atoms with Crippen molar-refractivity contribution < 1.29 is 9.53 Å². The molecule has 1 aliphatic heterocycles. The average Bonchev–Trinajstić information content (AvgIpc) is 3.29. The fraction of sp³-hybridized carbons (Fsp3) is 0.208. The van der Waals surface area contributed by atoms with Gasteiger partial charge in [0, 0.05) is 31.0 Å². The summed E-state index contributed by atoms with van der Waals surface area (Å²) in [5, 5.41) is 9.28. The number of hydrogen-bond acceptors (Lipinski definition) is 7. The maximum Gasteiger partial charge on any atom is 0.263 e. The minimum atomic E-state index is -0.191. The van der Waals surface area contributed by atoms with Gasteiger partial charge in [-0.25, -0.2) is 15.0 Å². The number of benzene rings is 2. The number of imidazole rings is 1. The summed E-state index contributed by atoms with van der Waals surface area (Å²) in [6, 6.07) is 16.7. The highest BCUT2D eigenvalue weighted by atomic mass is 16.5. The van der Waals surface area contributed by atoms with E-state index in [1.165, 1.54) is 0 Å². The molecule has 1 saturated heterocycles. The fourth-order valence-electron chi connectivity index (χ4n) is 3.86. The van der Waals surface area contributed by atoms with Crippen molar-refractivity contribution in [1.82, 2.24) is 19.9 Å². The number of aromatic nitrogens is 4. The Morgan fingerprint density at radius 2 is 1.94 bits per heavy atom. The lowest BCUT2D eigenvalue weighted by molar-refractivity contribution is 0.103. The van der Waals surface area contributed by atoms with Gasteiger partial charge in [-0.1, -0.05) is 12.1 Å².